The van der Waals surface area contributed by atoms with Gasteiger partial charge in [-0.05, 0) is 37.0 Å². The van der Waals surface area contributed by atoms with Gasteiger partial charge >= 0.3 is 0 Å². The Morgan fingerprint density at radius 2 is 1.90 bits per heavy atom. The molecule has 31 heavy (non-hydrogen) atoms. The van der Waals surface area contributed by atoms with Gasteiger partial charge in [-0.1, -0.05) is 55.6 Å². The Labute approximate surface area is 193 Å². The molecular weight excluding hydrogens is 435 g/mol. The second-order valence-electron chi connectivity index (χ2n) is 7.90. The molecule has 0 aliphatic heterocycles. The number of hydrogen-bond acceptors (Lipinski definition) is 3. The summed E-state index contributed by atoms with van der Waals surface area (Å²) in [6, 6.07) is 13.2. The lowest BCUT2D eigenvalue weighted by molar-refractivity contribution is -0.126. The van der Waals surface area contributed by atoms with Crippen LogP contribution in [0.1, 0.15) is 44.2 Å². The number of ether oxygens (including phenoxy) is 1. The van der Waals surface area contributed by atoms with E-state index in [2.05, 4.69) is 12.2 Å². The highest BCUT2D eigenvalue weighted by Gasteiger charge is 2.36. The number of anilines is 1. The maximum atomic E-state index is 13.7. The molecule has 1 saturated carbocycles. The highest BCUT2D eigenvalue weighted by atomic mass is 35.5. The Bertz CT molecular complexity index is 921. The minimum atomic E-state index is -0.957. The number of benzene rings is 2. The summed E-state index contributed by atoms with van der Waals surface area (Å²) in [5.74, 6) is 0.00755. The van der Waals surface area contributed by atoms with Crippen LogP contribution in [0.4, 0.5) is 5.69 Å². The van der Waals surface area contributed by atoms with Crippen LogP contribution in [0.5, 0.6) is 5.75 Å². The zero-order valence-electron chi connectivity index (χ0n) is 17.8. The number of halogens is 2. The lowest BCUT2D eigenvalue weighted by Gasteiger charge is -2.35. The molecule has 7 heteroatoms. The number of rotatable bonds is 7. The largest absolute Gasteiger partial charge is 0.497 e. The first-order valence-electron chi connectivity index (χ1n) is 10.5. The van der Waals surface area contributed by atoms with E-state index >= 15 is 0 Å². The smallest absolute Gasteiger partial charge is 0.248 e. The van der Waals surface area contributed by atoms with Crippen LogP contribution in [0.25, 0.3) is 0 Å². The van der Waals surface area contributed by atoms with Crippen molar-refractivity contribution in [2.75, 3.05) is 17.9 Å². The second kappa shape index (κ2) is 10.9. The molecular formula is C24H28Cl2N2O3. The minimum absolute atomic E-state index is 0.0597. The van der Waals surface area contributed by atoms with E-state index in [-0.39, 0.29) is 17.8 Å². The quantitative estimate of drug-likeness (QED) is 0.563. The van der Waals surface area contributed by atoms with Crippen molar-refractivity contribution in [1.82, 2.24) is 5.32 Å². The zero-order valence-corrected chi connectivity index (χ0v) is 19.3. The molecule has 0 radical (unpaired) electrons. The lowest BCUT2D eigenvalue weighted by atomic mass is 9.85. The molecule has 3 rings (SSSR count). The van der Waals surface area contributed by atoms with Gasteiger partial charge in [-0.15, -0.1) is 11.6 Å². The summed E-state index contributed by atoms with van der Waals surface area (Å²) < 4.78 is 5.33. The van der Waals surface area contributed by atoms with Crippen LogP contribution >= 0.6 is 23.2 Å². The average Bonchev–Trinajstić information content (AvgIpc) is 2.79. The molecule has 0 saturated heterocycles. The van der Waals surface area contributed by atoms with Crippen molar-refractivity contribution >= 4 is 40.7 Å². The monoisotopic (exact) mass is 462 g/mol. The first-order chi connectivity index (χ1) is 15.0. The van der Waals surface area contributed by atoms with Gasteiger partial charge in [0.2, 0.25) is 11.8 Å². The Morgan fingerprint density at radius 3 is 2.58 bits per heavy atom. The fraction of sp³-hybridized carbons (Fsp3) is 0.417. The fourth-order valence-corrected chi connectivity index (χ4v) is 4.52. The van der Waals surface area contributed by atoms with Crippen LogP contribution in [-0.2, 0) is 9.59 Å². The molecule has 0 aromatic heterocycles. The molecule has 0 heterocycles. The highest BCUT2D eigenvalue weighted by Crippen LogP contribution is 2.34. The summed E-state index contributed by atoms with van der Waals surface area (Å²) >= 11 is 12.5. The summed E-state index contributed by atoms with van der Waals surface area (Å²) in [4.78, 5) is 28.1. The summed E-state index contributed by atoms with van der Waals surface area (Å²) in [7, 11) is 1.55. The molecule has 3 atom stereocenters. The molecule has 1 N–H and O–H groups in total. The first kappa shape index (κ1) is 23.4. The normalized spacial score (nSPS) is 19.4. The summed E-state index contributed by atoms with van der Waals surface area (Å²) in [5.41, 5.74) is 1.06. The van der Waals surface area contributed by atoms with Gasteiger partial charge in [0.05, 0.1) is 7.11 Å². The molecule has 5 nitrogen and oxygen atoms in total. The van der Waals surface area contributed by atoms with Gasteiger partial charge in [-0.25, -0.2) is 0 Å². The van der Waals surface area contributed by atoms with Crippen molar-refractivity contribution in [3.8, 4) is 5.75 Å². The molecule has 0 unspecified atom stereocenters. The highest BCUT2D eigenvalue weighted by molar-refractivity contribution is 6.32. The van der Waals surface area contributed by atoms with Crippen molar-refractivity contribution in [2.24, 2.45) is 5.92 Å². The van der Waals surface area contributed by atoms with Gasteiger partial charge in [-0.2, -0.15) is 0 Å². The van der Waals surface area contributed by atoms with Crippen LogP contribution < -0.4 is 15.0 Å². The third-order valence-corrected chi connectivity index (χ3v) is 6.43. The van der Waals surface area contributed by atoms with Crippen LogP contribution in [0.15, 0.2) is 48.5 Å². The molecule has 1 aliphatic rings. The summed E-state index contributed by atoms with van der Waals surface area (Å²) in [6.45, 7) is 2.15. The predicted molar refractivity (Wildman–Crippen MR) is 125 cm³/mol. The van der Waals surface area contributed by atoms with Gasteiger partial charge in [0.15, 0.2) is 0 Å². The molecule has 2 amide bonds. The predicted octanol–water partition coefficient (Wildman–Crippen LogP) is 5.36. The van der Waals surface area contributed by atoms with Crippen LogP contribution in [-0.4, -0.2) is 30.8 Å². The van der Waals surface area contributed by atoms with Crippen molar-refractivity contribution in [1.29, 1.82) is 0 Å². The zero-order chi connectivity index (χ0) is 22.4. The van der Waals surface area contributed by atoms with Gasteiger partial charge < -0.3 is 10.1 Å². The van der Waals surface area contributed by atoms with Crippen LogP contribution in [0.3, 0.4) is 0 Å². The molecule has 2 aromatic rings. The number of alkyl halides is 1. The SMILES string of the molecule is COc1cccc(N(C(=O)CCl)[C@H](C(=O)N[C@@H]2CCCC[C@H]2C)c2ccccc2Cl)c1. The van der Waals surface area contributed by atoms with E-state index in [4.69, 9.17) is 27.9 Å². The molecule has 166 valence electrons. The van der Waals surface area contributed by atoms with E-state index in [0.29, 0.717) is 27.9 Å². The third-order valence-electron chi connectivity index (χ3n) is 5.86. The Kier molecular flexibility index (Phi) is 8.22. The van der Waals surface area contributed by atoms with E-state index in [1.54, 1.807) is 55.6 Å². The number of carbonyl (C=O) groups is 2. The number of nitrogens with one attached hydrogen (secondary N) is 1. The Morgan fingerprint density at radius 1 is 1.16 bits per heavy atom. The molecule has 1 fully saturated rings. The third kappa shape index (κ3) is 5.52. The molecule has 1 aliphatic carbocycles. The van der Waals surface area contributed by atoms with E-state index in [9.17, 15) is 9.59 Å². The summed E-state index contributed by atoms with van der Waals surface area (Å²) in [5, 5.41) is 3.60. The van der Waals surface area contributed by atoms with Crippen molar-refractivity contribution in [3.05, 3.63) is 59.1 Å². The number of carbonyl (C=O) groups excluding carboxylic acids is 2. The number of hydrogen-bond donors (Lipinski definition) is 1. The Balaban J connectivity index is 2.06. The number of methoxy groups -OCH3 is 1. The van der Waals surface area contributed by atoms with E-state index in [0.717, 1.165) is 19.3 Å². The topological polar surface area (TPSA) is 58.6 Å². The maximum Gasteiger partial charge on any atom is 0.248 e. The molecule has 0 bridgehead atoms. The number of nitrogens with zero attached hydrogens (tertiary/aromatic N) is 1. The second-order valence-corrected chi connectivity index (χ2v) is 8.57. The van der Waals surface area contributed by atoms with Crippen molar-refractivity contribution < 1.29 is 14.3 Å². The Hall–Kier alpha value is -2.24. The van der Waals surface area contributed by atoms with Gasteiger partial charge in [0.25, 0.3) is 0 Å². The van der Waals surface area contributed by atoms with E-state index in [1.165, 1.54) is 11.3 Å². The minimum Gasteiger partial charge on any atom is -0.497 e. The molecule has 2 aromatic carbocycles. The van der Waals surface area contributed by atoms with Crippen molar-refractivity contribution in [2.45, 2.75) is 44.7 Å². The van der Waals surface area contributed by atoms with E-state index < -0.39 is 11.9 Å². The van der Waals surface area contributed by atoms with Gasteiger partial charge in [-0.3, -0.25) is 14.5 Å². The summed E-state index contributed by atoms with van der Waals surface area (Å²) in [6.07, 6.45) is 4.24. The number of amides is 2. The van der Waals surface area contributed by atoms with E-state index in [1.807, 2.05) is 0 Å². The molecule has 0 spiro atoms. The van der Waals surface area contributed by atoms with Crippen LogP contribution in [0, 0.1) is 5.92 Å². The van der Waals surface area contributed by atoms with Gasteiger partial charge in [0.1, 0.15) is 17.7 Å². The maximum absolute atomic E-state index is 13.7. The standard InChI is InChI=1S/C24H28Cl2N2O3/c1-16-8-3-6-13-21(16)27-24(30)23(19-11-4-5-12-20(19)26)28(22(29)15-25)17-9-7-10-18(14-17)31-2/h4-5,7,9-12,14,16,21,23H,3,6,8,13,15H2,1-2H3,(H,27,30)/t16-,21-,23+/m1/s1. The van der Waals surface area contributed by atoms with Gasteiger partial charge in [0, 0.05) is 28.4 Å². The van der Waals surface area contributed by atoms with Crippen molar-refractivity contribution in [3.63, 3.8) is 0 Å². The lowest BCUT2D eigenvalue weighted by Crippen LogP contribution is -2.49. The average molecular weight is 463 g/mol. The first-order valence-corrected chi connectivity index (χ1v) is 11.4. The van der Waals surface area contributed by atoms with Crippen LogP contribution in [0.2, 0.25) is 5.02 Å². The fourth-order valence-electron chi connectivity index (χ4n) is 4.15.